The van der Waals surface area contributed by atoms with Gasteiger partial charge in [0.2, 0.25) is 0 Å². The van der Waals surface area contributed by atoms with Crippen LogP contribution in [0.15, 0.2) is 18.2 Å². The molecule has 0 N–H and O–H groups in total. The van der Waals surface area contributed by atoms with Crippen LogP contribution in [0.2, 0.25) is 12.1 Å². The lowest BCUT2D eigenvalue weighted by Crippen LogP contribution is -2.62. The summed E-state index contributed by atoms with van der Waals surface area (Å²) in [6.45, 7) is 2.79. The van der Waals surface area contributed by atoms with Gasteiger partial charge in [-0.3, -0.25) is 4.79 Å². The Balaban J connectivity index is 3.25. The van der Waals surface area contributed by atoms with Crippen LogP contribution < -0.4 is 0 Å². The minimum absolute atomic E-state index is 0.160. The molecule has 0 spiro atoms. The molecule has 0 aliphatic carbocycles. The summed E-state index contributed by atoms with van der Waals surface area (Å²) < 4.78 is 74.1. The third kappa shape index (κ3) is 2.87. The van der Waals surface area contributed by atoms with Crippen molar-refractivity contribution in [1.29, 1.82) is 0 Å². The number of nitrogens with zero attached hydrogens (tertiary/aromatic N) is 1. The average Bonchev–Trinajstić information content (AvgIpc) is 2.50. The van der Waals surface area contributed by atoms with Gasteiger partial charge in [0.1, 0.15) is 0 Å². The molecule has 124 valence electrons. The molecular formula is C13H16F5NO2Si. The maximum Gasteiger partial charge on any atom is 0.356 e. The van der Waals surface area contributed by atoms with Crippen molar-refractivity contribution in [2.24, 2.45) is 0 Å². The molecule has 0 heterocycles. The second kappa shape index (κ2) is 6.74. The van der Waals surface area contributed by atoms with Gasteiger partial charge in [0, 0.05) is 7.11 Å². The van der Waals surface area contributed by atoms with Gasteiger partial charge in [0.15, 0.2) is 11.6 Å². The molecule has 0 bridgehead atoms. The van der Waals surface area contributed by atoms with Gasteiger partial charge in [-0.2, -0.15) is 8.78 Å². The van der Waals surface area contributed by atoms with Crippen LogP contribution >= 0.6 is 0 Å². The summed E-state index contributed by atoms with van der Waals surface area (Å²) in [6, 6.07) is 2.04. The van der Waals surface area contributed by atoms with E-state index in [2.05, 4.69) is 0 Å². The van der Waals surface area contributed by atoms with E-state index < -0.39 is 42.2 Å². The Kier molecular flexibility index (Phi) is 5.69. The standard InChI is InChI=1S/C13H16F5NO2Si/c1-4-22(5-2,21-3)13(16,17)19(18)12(20)9-7-6-8-10(14)11(9)15/h6-8H,4-5H2,1-3H3. The summed E-state index contributed by atoms with van der Waals surface area (Å²) in [4.78, 5) is 11.8. The lowest BCUT2D eigenvalue weighted by molar-refractivity contribution is -0.162. The molecule has 1 rings (SSSR count). The lowest BCUT2D eigenvalue weighted by atomic mass is 10.2. The Labute approximate surface area is 125 Å². The molecule has 3 nitrogen and oxygen atoms in total. The summed E-state index contributed by atoms with van der Waals surface area (Å²) >= 11 is 0. The maximum absolute atomic E-state index is 14.4. The average molecular weight is 341 g/mol. The Morgan fingerprint density at radius 2 is 1.82 bits per heavy atom. The van der Waals surface area contributed by atoms with Crippen molar-refractivity contribution in [3.8, 4) is 0 Å². The van der Waals surface area contributed by atoms with Gasteiger partial charge in [-0.25, -0.2) is 8.78 Å². The van der Waals surface area contributed by atoms with Crippen molar-refractivity contribution in [2.45, 2.75) is 31.6 Å². The summed E-state index contributed by atoms with van der Waals surface area (Å²) in [6.07, 6.45) is 0. The van der Waals surface area contributed by atoms with E-state index in [0.717, 1.165) is 19.2 Å². The molecule has 1 aromatic rings. The molecule has 9 heteroatoms. The van der Waals surface area contributed by atoms with Crippen LogP contribution in [0, 0.1) is 11.6 Å². The van der Waals surface area contributed by atoms with Gasteiger partial charge in [0.05, 0.1) is 5.56 Å². The molecule has 0 aliphatic rings. The van der Waals surface area contributed by atoms with Gasteiger partial charge in [0.25, 0.3) is 5.91 Å². The molecule has 1 aromatic carbocycles. The lowest BCUT2D eigenvalue weighted by Gasteiger charge is -2.37. The first-order valence-electron chi connectivity index (χ1n) is 6.55. The molecule has 0 fully saturated rings. The van der Waals surface area contributed by atoms with Gasteiger partial charge in [-0.1, -0.05) is 24.4 Å². The number of carbonyl (C=O) groups excluding carboxylic acids is 1. The Morgan fingerprint density at radius 3 is 2.27 bits per heavy atom. The fourth-order valence-electron chi connectivity index (χ4n) is 2.17. The molecule has 22 heavy (non-hydrogen) atoms. The predicted octanol–water partition coefficient (Wildman–Crippen LogP) is 4.06. The van der Waals surface area contributed by atoms with Crippen LogP contribution in [-0.2, 0) is 4.43 Å². The fraction of sp³-hybridized carbons (Fsp3) is 0.462. The Morgan fingerprint density at radius 1 is 1.27 bits per heavy atom. The minimum atomic E-state index is -4.22. The Hall–Kier alpha value is -1.48. The number of halogens is 5. The first-order chi connectivity index (χ1) is 10.2. The smallest absolute Gasteiger partial charge is 0.356 e. The second-order valence-corrected chi connectivity index (χ2v) is 9.05. The predicted molar refractivity (Wildman–Crippen MR) is 72.3 cm³/mol. The zero-order chi connectivity index (χ0) is 17.1. The summed E-state index contributed by atoms with van der Waals surface area (Å²) in [7, 11) is -2.93. The van der Waals surface area contributed by atoms with Crippen molar-refractivity contribution in [1.82, 2.24) is 5.12 Å². The van der Waals surface area contributed by atoms with E-state index in [1.807, 2.05) is 0 Å². The normalized spacial score (nSPS) is 12.4. The number of amides is 1. The molecule has 0 unspecified atom stereocenters. The van der Waals surface area contributed by atoms with Gasteiger partial charge < -0.3 is 4.43 Å². The summed E-state index contributed by atoms with van der Waals surface area (Å²) in [5, 5.41) is -1.34. The van der Waals surface area contributed by atoms with E-state index in [0.29, 0.717) is 6.07 Å². The molecule has 0 aliphatic heterocycles. The van der Waals surface area contributed by atoms with E-state index in [1.54, 1.807) is 0 Å². The molecular weight excluding hydrogens is 325 g/mol. The number of hydrogen-bond donors (Lipinski definition) is 0. The number of carbonyl (C=O) groups is 1. The van der Waals surface area contributed by atoms with E-state index in [4.69, 9.17) is 4.43 Å². The van der Waals surface area contributed by atoms with Crippen LogP contribution in [0.1, 0.15) is 24.2 Å². The monoisotopic (exact) mass is 341 g/mol. The number of alkyl halides is 2. The van der Waals surface area contributed by atoms with E-state index in [9.17, 15) is 26.8 Å². The van der Waals surface area contributed by atoms with Gasteiger partial charge in [-0.15, -0.1) is 5.12 Å². The summed E-state index contributed by atoms with van der Waals surface area (Å²) in [5.74, 6) is -5.05. The second-order valence-electron chi connectivity index (χ2n) is 4.63. The molecule has 0 aromatic heterocycles. The van der Waals surface area contributed by atoms with Crippen molar-refractivity contribution < 1.29 is 31.3 Å². The molecule has 0 radical (unpaired) electrons. The van der Waals surface area contributed by atoms with Crippen LogP contribution in [-0.4, -0.2) is 32.1 Å². The van der Waals surface area contributed by atoms with E-state index >= 15 is 0 Å². The topological polar surface area (TPSA) is 29.5 Å². The number of benzene rings is 1. The van der Waals surface area contributed by atoms with Crippen molar-refractivity contribution in [3.63, 3.8) is 0 Å². The van der Waals surface area contributed by atoms with Gasteiger partial charge in [-0.05, 0) is 24.2 Å². The number of hydrogen-bond acceptors (Lipinski definition) is 2. The number of rotatable bonds is 6. The fourth-order valence-corrected chi connectivity index (χ4v) is 4.80. The highest BCUT2D eigenvalue weighted by Crippen LogP contribution is 2.38. The highest BCUT2D eigenvalue weighted by Gasteiger charge is 2.62. The first kappa shape index (κ1) is 18.6. The molecule has 1 amide bonds. The van der Waals surface area contributed by atoms with Crippen LogP contribution in [0.4, 0.5) is 22.0 Å². The van der Waals surface area contributed by atoms with E-state index in [1.165, 1.54) is 13.8 Å². The molecule has 0 atom stereocenters. The van der Waals surface area contributed by atoms with Crippen molar-refractivity contribution in [3.05, 3.63) is 35.4 Å². The molecule has 0 saturated heterocycles. The first-order valence-corrected chi connectivity index (χ1v) is 8.88. The summed E-state index contributed by atoms with van der Waals surface area (Å²) in [5.41, 5.74) is -5.32. The largest absolute Gasteiger partial charge is 0.412 e. The SMILES string of the molecule is CC[Si](CC)(OC)C(F)(F)N(F)C(=O)c1cccc(F)c1F. The third-order valence-electron chi connectivity index (χ3n) is 3.69. The maximum atomic E-state index is 14.4. The van der Waals surface area contributed by atoms with Gasteiger partial charge >= 0.3 is 14.0 Å². The highest BCUT2D eigenvalue weighted by molar-refractivity contribution is 6.76. The minimum Gasteiger partial charge on any atom is -0.412 e. The third-order valence-corrected chi connectivity index (χ3v) is 8.05. The van der Waals surface area contributed by atoms with Crippen LogP contribution in [0.5, 0.6) is 0 Å². The van der Waals surface area contributed by atoms with Crippen LogP contribution in [0.3, 0.4) is 0 Å². The zero-order valence-corrected chi connectivity index (χ0v) is 13.3. The van der Waals surface area contributed by atoms with Crippen molar-refractivity contribution >= 4 is 14.2 Å². The molecule has 0 saturated carbocycles. The Bertz CT molecular complexity index is 543. The zero-order valence-electron chi connectivity index (χ0n) is 12.3. The highest BCUT2D eigenvalue weighted by atomic mass is 28.4. The van der Waals surface area contributed by atoms with E-state index in [-0.39, 0.29) is 12.1 Å². The van der Waals surface area contributed by atoms with Crippen molar-refractivity contribution in [2.75, 3.05) is 7.11 Å². The van der Waals surface area contributed by atoms with Crippen LogP contribution in [0.25, 0.3) is 0 Å². The quantitative estimate of drug-likeness (QED) is 0.338.